The fraction of sp³-hybridized carbons (Fsp3) is 0.286. The number of hydrogen-bond donors (Lipinski definition) is 3. The molecule has 31 heavy (non-hydrogen) atoms. The van der Waals surface area contributed by atoms with E-state index < -0.39 is 46.2 Å². The number of nitrogens with zero attached hydrogens (tertiary/aromatic N) is 2. The van der Waals surface area contributed by atoms with Crippen molar-refractivity contribution >= 4 is 11.8 Å². The molecule has 0 saturated carbocycles. The molecule has 2 aromatic rings. The summed E-state index contributed by atoms with van der Waals surface area (Å²) in [5, 5.41) is 22.4. The fourth-order valence-corrected chi connectivity index (χ4v) is 3.88. The quantitative estimate of drug-likeness (QED) is 0.628. The standard InChI is InChI=1S/C21H19F2N3O5/c22-12-5-4-11(16(23)6-12)7-24-20(30)15-9-25-13-2-1-3-14(10-27)26(8-13)21(31)17(25)19(29)18(15)28/h1,3-6,9,13-14,27,29H,2,7-8,10H2,(H,24,30)/t13-,14+/m0/s1. The van der Waals surface area contributed by atoms with E-state index >= 15 is 0 Å². The summed E-state index contributed by atoms with van der Waals surface area (Å²) in [6.45, 7) is -0.376. The normalized spacial score (nSPS) is 19.7. The second kappa shape index (κ2) is 7.95. The molecule has 2 aliphatic rings. The molecule has 2 atom stereocenters. The Balaban J connectivity index is 1.67. The molecule has 10 heteroatoms. The number of pyridine rings is 1. The van der Waals surface area contributed by atoms with Crippen molar-refractivity contribution in [3.8, 4) is 5.75 Å². The lowest BCUT2D eigenvalue weighted by molar-refractivity contribution is 0.0551. The zero-order valence-electron chi connectivity index (χ0n) is 16.2. The summed E-state index contributed by atoms with van der Waals surface area (Å²) in [5.41, 5.74) is -1.67. The molecule has 4 rings (SSSR count). The number of carbonyl (C=O) groups is 2. The van der Waals surface area contributed by atoms with Gasteiger partial charge in [0.05, 0.1) is 18.7 Å². The van der Waals surface area contributed by atoms with E-state index in [1.807, 2.05) is 0 Å². The number of aliphatic hydroxyl groups is 1. The van der Waals surface area contributed by atoms with Gasteiger partial charge < -0.3 is 25.0 Å². The number of halogens is 2. The second-order valence-electron chi connectivity index (χ2n) is 7.42. The van der Waals surface area contributed by atoms with Crippen LogP contribution in [0.5, 0.6) is 5.75 Å². The Bertz CT molecular complexity index is 1160. The molecule has 0 spiro atoms. The van der Waals surface area contributed by atoms with Crippen LogP contribution >= 0.6 is 0 Å². The number of benzene rings is 1. The summed E-state index contributed by atoms with van der Waals surface area (Å²) < 4.78 is 28.2. The lowest BCUT2D eigenvalue weighted by atomic mass is 10.1. The molecule has 1 aromatic carbocycles. The number of aromatic hydroxyl groups is 1. The lowest BCUT2D eigenvalue weighted by Gasteiger charge is -2.37. The minimum absolute atomic E-state index is 0.0202. The Kier molecular flexibility index (Phi) is 5.32. The fourth-order valence-electron chi connectivity index (χ4n) is 3.88. The van der Waals surface area contributed by atoms with Crippen LogP contribution in [0.3, 0.4) is 0 Å². The number of aromatic nitrogens is 1. The summed E-state index contributed by atoms with van der Waals surface area (Å²) in [7, 11) is 0. The van der Waals surface area contributed by atoms with E-state index in [9.17, 15) is 33.4 Å². The number of allylic oxidation sites excluding steroid dienone is 1. The van der Waals surface area contributed by atoms with Gasteiger partial charge in [-0.25, -0.2) is 8.78 Å². The zero-order chi connectivity index (χ0) is 22.3. The van der Waals surface area contributed by atoms with Gasteiger partial charge in [-0.3, -0.25) is 14.4 Å². The predicted molar refractivity (Wildman–Crippen MR) is 105 cm³/mol. The first-order chi connectivity index (χ1) is 14.8. The first-order valence-electron chi connectivity index (χ1n) is 9.60. The molecule has 0 unspecified atom stereocenters. The summed E-state index contributed by atoms with van der Waals surface area (Å²) in [4.78, 5) is 39.5. The molecular weight excluding hydrogens is 412 g/mol. The van der Waals surface area contributed by atoms with Gasteiger partial charge in [0.1, 0.15) is 17.2 Å². The highest BCUT2D eigenvalue weighted by Gasteiger charge is 2.38. The van der Waals surface area contributed by atoms with Crippen molar-refractivity contribution in [3.63, 3.8) is 0 Å². The molecule has 0 fully saturated rings. The van der Waals surface area contributed by atoms with Crippen LogP contribution in [0.1, 0.15) is 38.9 Å². The Hall–Kier alpha value is -3.53. The van der Waals surface area contributed by atoms with Gasteiger partial charge >= 0.3 is 0 Å². The summed E-state index contributed by atoms with van der Waals surface area (Å²) in [6, 6.07) is 1.96. The van der Waals surface area contributed by atoms with Gasteiger partial charge in [-0.15, -0.1) is 0 Å². The van der Waals surface area contributed by atoms with E-state index in [0.29, 0.717) is 12.5 Å². The molecule has 2 bridgehead atoms. The van der Waals surface area contributed by atoms with Crippen molar-refractivity contribution < 1.29 is 28.6 Å². The summed E-state index contributed by atoms with van der Waals surface area (Å²) in [5.74, 6) is -3.97. The molecule has 3 heterocycles. The van der Waals surface area contributed by atoms with Crippen LogP contribution < -0.4 is 10.7 Å². The highest BCUT2D eigenvalue weighted by molar-refractivity contribution is 5.99. The summed E-state index contributed by atoms with van der Waals surface area (Å²) in [6.07, 6.45) is 5.14. The second-order valence-corrected chi connectivity index (χ2v) is 7.42. The van der Waals surface area contributed by atoms with E-state index in [0.717, 1.165) is 6.07 Å². The highest BCUT2D eigenvalue weighted by Crippen LogP contribution is 2.31. The highest BCUT2D eigenvalue weighted by atomic mass is 19.1. The Morgan fingerprint density at radius 3 is 2.74 bits per heavy atom. The Morgan fingerprint density at radius 1 is 1.26 bits per heavy atom. The summed E-state index contributed by atoms with van der Waals surface area (Å²) >= 11 is 0. The average Bonchev–Trinajstić information content (AvgIpc) is 2.93. The monoisotopic (exact) mass is 431 g/mol. The molecule has 2 aliphatic heterocycles. The number of aliphatic hydroxyl groups excluding tert-OH is 1. The number of rotatable bonds is 4. The molecule has 0 aliphatic carbocycles. The molecule has 162 valence electrons. The van der Waals surface area contributed by atoms with Gasteiger partial charge in [-0.05, 0) is 12.5 Å². The third-order valence-corrected chi connectivity index (χ3v) is 5.53. The van der Waals surface area contributed by atoms with Gasteiger partial charge in [-0.2, -0.15) is 0 Å². The minimum atomic E-state index is -1.04. The van der Waals surface area contributed by atoms with Crippen LogP contribution in [0.25, 0.3) is 0 Å². The van der Waals surface area contributed by atoms with Gasteiger partial charge in [-0.1, -0.05) is 18.2 Å². The maximum absolute atomic E-state index is 13.8. The smallest absolute Gasteiger partial charge is 0.275 e. The van der Waals surface area contributed by atoms with Gasteiger partial charge in [0.2, 0.25) is 5.43 Å². The predicted octanol–water partition coefficient (Wildman–Crippen LogP) is 1.08. The van der Waals surface area contributed by atoms with Crippen molar-refractivity contribution in [1.29, 1.82) is 0 Å². The number of nitrogens with one attached hydrogen (secondary N) is 1. The number of carbonyl (C=O) groups excluding carboxylic acids is 2. The lowest BCUT2D eigenvalue weighted by Crippen LogP contribution is -2.49. The van der Waals surface area contributed by atoms with Crippen LogP contribution in [-0.4, -0.2) is 50.7 Å². The maximum Gasteiger partial charge on any atom is 0.275 e. The third kappa shape index (κ3) is 3.59. The van der Waals surface area contributed by atoms with E-state index in [1.165, 1.54) is 21.7 Å². The number of amides is 2. The molecule has 1 aromatic heterocycles. The van der Waals surface area contributed by atoms with Crippen molar-refractivity contribution in [1.82, 2.24) is 14.8 Å². The van der Waals surface area contributed by atoms with Gasteiger partial charge in [0, 0.05) is 30.9 Å². The Labute approximate surface area is 175 Å². The van der Waals surface area contributed by atoms with Crippen molar-refractivity contribution in [3.05, 3.63) is 75.2 Å². The maximum atomic E-state index is 13.8. The molecular formula is C21H19F2N3O5. The SMILES string of the molecule is O=C(NCc1ccc(F)cc1F)c1cn2c(c(O)c1=O)C(=O)N1C[C@@H]2CC=C[C@@H]1CO. The molecule has 0 radical (unpaired) electrons. The van der Waals surface area contributed by atoms with E-state index in [-0.39, 0.29) is 37.0 Å². The van der Waals surface area contributed by atoms with Crippen LogP contribution in [0.2, 0.25) is 0 Å². The number of hydrogen-bond acceptors (Lipinski definition) is 5. The third-order valence-electron chi connectivity index (χ3n) is 5.53. The van der Waals surface area contributed by atoms with E-state index in [2.05, 4.69) is 5.32 Å². The van der Waals surface area contributed by atoms with Crippen LogP contribution in [-0.2, 0) is 6.54 Å². The number of fused-ring (bicyclic) bond motifs is 4. The van der Waals surface area contributed by atoms with Crippen LogP contribution in [0, 0.1) is 11.6 Å². The topological polar surface area (TPSA) is 112 Å². The van der Waals surface area contributed by atoms with Crippen molar-refractivity contribution in [2.45, 2.75) is 25.0 Å². The van der Waals surface area contributed by atoms with Crippen LogP contribution in [0.15, 0.2) is 41.3 Å². The van der Waals surface area contributed by atoms with Crippen molar-refractivity contribution in [2.75, 3.05) is 13.2 Å². The first kappa shape index (κ1) is 20.7. The van der Waals surface area contributed by atoms with Crippen molar-refractivity contribution in [2.24, 2.45) is 0 Å². The zero-order valence-corrected chi connectivity index (χ0v) is 16.2. The van der Waals surface area contributed by atoms with E-state index in [1.54, 1.807) is 12.2 Å². The molecule has 0 saturated heterocycles. The molecule has 2 amide bonds. The van der Waals surface area contributed by atoms with Gasteiger partial charge in [0.25, 0.3) is 11.8 Å². The van der Waals surface area contributed by atoms with Crippen LogP contribution in [0.4, 0.5) is 8.78 Å². The molecule has 3 N–H and O–H groups in total. The first-order valence-corrected chi connectivity index (χ1v) is 9.60. The largest absolute Gasteiger partial charge is 0.503 e. The van der Waals surface area contributed by atoms with Gasteiger partial charge in [0.15, 0.2) is 11.4 Å². The Morgan fingerprint density at radius 2 is 2.03 bits per heavy atom. The minimum Gasteiger partial charge on any atom is -0.503 e. The van der Waals surface area contributed by atoms with E-state index in [4.69, 9.17) is 0 Å². The average molecular weight is 431 g/mol. The molecule has 8 nitrogen and oxygen atoms in total.